The summed E-state index contributed by atoms with van der Waals surface area (Å²) in [5, 5.41) is 12.7. The summed E-state index contributed by atoms with van der Waals surface area (Å²) in [7, 11) is 0. The minimum absolute atomic E-state index is 0.0135. The van der Waals surface area contributed by atoms with E-state index >= 15 is 0 Å². The minimum atomic E-state index is 0.0135. The average Bonchev–Trinajstić information content (AvgIpc) is 3.43. The lowest BCUT2D eigenvalue weighted by Gasteiger charge is -2.56. The molecule has 2 heterocycles. The molecule has 1 N–H and O–H groups in total. The lowest BCUT2D eigenvalue weighted by atomic mass is 9.48. The van der Waals surface area contributed by atoms with Crippen LogP contribution in [0.25, 0.3) is 5.69 Å². The molecular formula is C27H33N5O. The Morgan fingerprint density at radius 1 is 1.03 bits per heavy atom. The Hall–Kier alpha value is -2.89. The van der Waals surface area contributed by atoms with Crippen molar-refractivity contribution in [3.8, 4) is 5.69 Å². The van der Waals surface area contributed by atoms with E-state index in [9.17, 15) is 4.79 Å². The molecule has 0 unspecified atom stereocenters. The first-order valence-electron chi connectivity index (χ1n) is 12.5. The molecule has 2 aromatic heterocycles. The number of nitrogens with one attached hydrogen (secondary N) is 1. The van der Waals surface area contributed by atoms with Crippen LogP contribution >= 0.6 is 0 Å². The zero-order valence-corrected chi connectivity index (χ0v) is 19.4. The van der Waals surface area contributed by atoms with Gasteiger partial charge in [-0.25, -0.2) is 4.68 Å². The van der Waals surface area contributed by atoms with Crippen LogP contribution in [0.5, 0.6) is 0 Å². The van der Waals surface area contributed by atoms with Gasteiger partial charge >= 0.3 is 0 Å². The molecule has 4 aliphatic rings. The van der Waals surface area contributed by atoms with Gasteiger partial charge in [0.05, 0.1) is 22.6 Å². The fourth-order valence-corrected chi connectivity index (χ4v) is 7.17. The number of amides is 1. The molecule has 0 aliphatic heterocycles. The molecule has 33 heavy (non-hydrogen) atoms. The third-order valence-corrected chi connectivity index (χ3v) is 8.14. The van der Waals surface area contributed by atoms with Gasteiger partial charge in [-0.2, -0.15) is 10.2 Å². The summed E-state index contributed by atoms with van der Waals surface area (Å²) in [4.78, 5) is 13.4. The highest BCUT2D eigenvalue weighted by molar-refractivity contribution is 5.95. The standard InChI is InChI=1S/C27H33N5O/c1-19-8-11-31(29-19)10-5-9-28-26(33)24-18-32(23-6-3-2-4-7-23)30-25(24)27-15-20-12-21(16-27)14-22(13-20)17-27/h2-4,6-8,11,18,20-22H,5,9-10,12-17H2,1H3,(H,28,33). The number of aromatic nitrogens is 4. The molecule has 0 spiro atoms. The van der Waals surface area contributed by atoms with Gasteiger partial charge in [-0.15, -0.1) is 0 Å². The summed E-state index contributed by atoms with van der Waals surface area (Å²) in [6.07, 6.45) is 12.6. The predicted molar refractivity (Wildman–Crippen MR) is 127 cm³/mol. The normalized spacial score (nSPS) is 27.7. The zero-order valence-electron chi connectivity index (χ0n) is 19.4. The lowest BCUT2D eigenvalue weighted by Crippen LogP contribution is -2.49. The second kappa shape index (κ2) is 8.15. The van der Waals surface area contributed by atoms with E-state index in [-0.39, 0.29) is 11.3 Å². The number of hydrogen-bond acceptors (Lipinski definition) is 3. The first kappa shape index (κ1) is 20.7. The Balaban J connectivity index is 1.25. The van der Waals surface area contributed by atoms with E-state index in [4.69, 9.17) is 5.10 Å². The molecule has 0 radical (unpaired) electrons. The van der Waals surface area contributed by atoms with Crippen molar-refractivity contribution in [2.75, 3.05) is 6.54 Å². The Morgan fingerprint density at radius 3 is 2.36 bits per heavy atom. The molecule has 4 aliphatic carbocycles. The van der Waals surface area contributed by atoms with E-state index in [1.807, 2.05) is 52.9 Å². The number of para-hydroxylation sites is 1. The Labute approximate surface area is 195 Å². The van der Waals surface area contributed by atoms with Crippen LogP contribution in [-0.4, -0.2) is 32.0 Å². The molecule has 1 amide bonds. The second-order valence-corrected chi connectivity index (χ2v) is 10.7. The molecule has 0 saturated heterocycles. The highest BCUT2D eigenvalue weighted by Crippen LogP contribution is 2.60. The monoisotopic (exact) mass is 443 g/mol. The second-order valence-electron chi connectivity index (χ2n) is 10.7. The summed E-state index contributed by atoms with van der Waals surface area (Å²) in [5.74, 6) is 2.45. The molecule has 4 saturated carbocycles. The van der Waals surface area contributed by atoms with Crippen molar-refractivity contribution < 1.29 is 4.79 Å². The van der Waals surface area contributed by atoms with Gasteiger partial charge in [0.2, 0.25) is 0 Å². The van der Waals surface area contributed by atoms with E-state index in [2.05, 4.69) is 22.5 Å². The van der Waals surface area contributed by atoms with Gasteiger partial charge in [-0.05, 0) is 87.8 Å². The van der Waals surface area contributed by atoms with Crippen LogP contribution in [0.4, 0.5) is 0 Å². The summed E-state index contributed by atoms with van der Waals surface area (Å²) in [5.41, 5.74) is 3.93. The first-order chi connectivity index (χ1) is 16.1. The topological polar surface area (TPSA) is 64.7 Å². The maximum atomic E-state index is 13.4. The number of hydrogen-bond donors (Lipinski definition) is 1. The van der Waals surface area contributed by atoms with Crippen LogP contribution in [0.2, 0.25) is 0 Å². The van der Waals surface area contributed by atoms with Crippen molar-refractivity contribution in [1.29, 1.82) is 0 Å². The Morgan fingerprint density at radius 2 is 1.73 bits per heavy atom. The van der Waals surface area contributed by atoms with Gasteiger partial charge < -0.3 is 5.32 Å². The molecule has 172 valence electrons. The molecule has 4 bridgehead atoms. The van der Waals surface area contributed by atoms with E-state index in [1.165, 1.54) is 38.5 Å². The first-order valence-corrected chi connectivity index (χ1v) is 12.5. The van der Waals surface area contributed by atoms with Gasteiger partial charge in [0.15, 0.2) is 0 Å². The highest BCUT2D eigenvalue weighted by atomic mass is 16.1. The molecule has 6 nitrogen and oxygen atoms in total. The van der Waals surface area contributed by atoms with Crippen LogP contribution in [-0.2, 0) is 12.0 Å². The number of benzene rings is 1. The van der Waals surface area contributed by atoms with Gasteiger partial charge in [-0.1, -0.05) is 18.2 Å². The van der Waals surface area contributed by atoms with E-state index in [0.717, 1.165) is 53.4 Å². The smallest absolute Gasteiger partial charge is 0.254 e. The molecule has 7 rings (SSSR count). The predicted octanol–water partition coefficient (Wildman–Crippen LogP) is 4.67. The number of nitrogens with zero attached hydrogens (tertiary/aromatic N) is 4. The fourth-order valence-electron chi connectivity index (χ4n) is 7.17. The molecule has 4 fully saturated rings. The van der Waals surface area contributed by atoms with Crippen LogP contribution < -0.4 is 5.32 Å². The zero-order chi connectivity index (χ0) is 22.4. The van der Waals surface area contributed by atoms with Crippen molar-refractivity contribution >= 4 is 5.91 Å². The number of rotatable bonds is 7. The Bertz CT molecular complexity index is 1110. The van der Waals surface area contributed by atoms with Gasteiger partial charge in [-0.3, -0.25) is 9.48 Å². The fraction of sp³-hybridized carbons (Fsp3) is 0.519. The van der Waals surface area contributed by atoms with Crippen molar-refractivity contribution in [1.82, 2.24) is 24.9 Å². The molecular weight excluding hydrogens is 410 g/mol. The van der Waals surface area contributed by atoms with E-state index in [1.54, 1.807) is 0 Å². The van der Waals surface area contributed by atoms with E-state index < -0.39 is 0 Å². The van der Waals surface area contributed by atoms with Gasteiger partial charge in [0.1, 0.15) is 0 Å². The van der Waals surface area contributed by atoms with Crippen molar-refractivity contribution in [2.45, 2.75) is 63.8 Å². The number of carbonyl (C=O) groups is 1. The third-order valence-electron chi connectivity index (χ3n) is 8.14. The van der Waals surface area contributed by atoms with Gasteiger partial charge in [0, 0.05) is 30.9 Å². The van der Waals surface area contributed by atoms with Crippen LogP contribution in [0.1, 0.15) is 66.7 Å². The van der Waals surface area contributed by atoms with Crippen molar-refractivity contribution in [3.05, 3.63) is 65.7 Å². The van der Waals surface area contributed by atoms with E-state index in [0.29, 0.717) is 6.54 Å². The SMILES string of the molecule is Cc1ccn(CCCNC(=O)c2cn(-c3ccccc3)nc2C23CC4CC(CC(C4)C2)C3)n1. The van der Waals surface area contributed by atoms with Crippen molar-refractivity contribution in [2.24, 2.45) is 17.8 Å². The lowest BCUT2D eigenvalue weighted by molar-refractivity contribution is -0.00770. The van der Waals surface area contributed by atoms with Crippen LogP contribution in [0.15, 0.2) is 48.8 Å². The maximum Gasteiger partial charge on any atom is 0.254 e. The average molecular weight is 444 g/mol. The minimum Gasteiger partial charge on any atom is -0.352 e. The number of aryl methyl sites for hydroxylation is 2. The molecule has 6 heteroatoms. The summed E-state index contributed by atoms with van der Waals surface area (Å²) in [6, 6.07) is 12.2. The van der Waals surface area contributed by atoms with Gasteiger partial charge in [0.25, 0.3) is 5.91 Å². The van der Waals surface area contributed by atoms with Crippen molar-refractivity contribution in [3.63, 3.8) is 0 Å². The summed E-state index contributed by atoms with van der Waals surface area (Å²) in [6.45, 7) is 3.43. The van der Waals surface area contributed by atoms with Crippen LogP contribution in [0.3, 0.4) is 0 Å². The number of carbonyl (C=O) groups excluding carboxylic acids is 1. The Kier molecular flexibility index (Phi) is 5.11. The summed E-state index contributed by atoms with van der Waals surface area (Å²) < 4.78 is 3.87. The third kappa shape index (κ3) is 3.90. The summed E-state index contributed by atoms with van der Waals surface area (Å²) >= 11 is 0. The molecule has 3 aromatic rings. The molecule has 0 atom stereocenters. The quantitative estimate of drug-likeness (QED) is 0.540. The molecule has 1 aromatic carbocycles. The maximum absolute atomic E-state index is 13.4. The van der Waals surface area contributed by atoms with Crippen LogP contribution in [0, 0.1) is 24.7 Å². The highest BCUT2D eigenvalue weighted by Gasteiger charge is 2.53. The largest absolute Gasteiger partial charge is 0.352 e.